The van der Waals surface area contributed by atoms with Crippen molar-refractivity contribution in [2.75, 3.05) is 11.9 Å². The van der Waals surface area contributed by atoms with Gasteiger partial charge in [-0.05, 0) is 56.3 Å². The van der Waals surface area contributed by atoms with Gasteiger partial charge in [-0.1, -0.05) is 29.8 Å². The van der Waals surface area contributed by atoms with Crippen LogP contribution < -0.4 is 0 Å². The average molecular weight is 289 g/mol. The highest BCUT2D eigenvalue weighted by Crippen LogP contribution is 2.40. The highest BCUT2D eigenvalue weighted by Gasteiger charge is 2.36. The number of hydrogen-bond donors (Lipinski definition) is 0. The van der Waals surface area contributed by atoms with Gasteiger partial charge in [0.05, 0.1) is 12.2 Å². The fourth-order valence-electron chi connectivity index (χ4n) is 2.71. The Bertz CT molecular complexity index is 217. The smallest absolute Gasteiger partial charge is 0.0779 e. The minimum Gasteiger partial charge on any atom is -0.374 e. The van der Waals surface area contributed by atoms with Crippen molar-refractivity contribution >= 4 is 15.9 Å². The molecule has 0 spiro atoms. The van der Waals surface area contributed by atoms with Gasteiger partial charge in [0.15, 0.2) is 0 Å². The first-order chi connectivity index (χ1) is 7.65. The van der Waals surface area contributed by atoms with E-state index in [-0.39, 0.29) is 5.60 Å². The third-order valence-corrected chi connectivity index (χ3v) is 5.53. The lowest BCUT2D eigenvalue weighted by Crippen LogP contribution is -2.39. The van der Waals surface area contributed by atoms with E-state index in [1.165, 1.54) is 38.5 Å². The number of rotatable bonds is 5. The number of alkyl halides is 1. The highest BCUT2D eigenvalue weighted by molar-refractivity contribution is 9.09. The molecule has 94 valence electrons. The molecule has 0 aromatic carbocycles. The summed E-state index contributed by atoms with van der Waals surface area (Å²) < 4.78 is 6.28. The lowest BCUT2D eigenvalue weighted by Gasteiger charge is -2.38. The molecular weight excluding hydrogens is 264 g/mol. The van der Waals surface area contributed by atoms with Gasteiger partial charge in [0.1, 0.15) is 0 Å². The molecule has 1 atom stereocenters. The van der Waals surface area contributed by atoms with Gasteiger partial charge in [-0.25, -0.2) is 0 Å². The molecule has 0 aromatic heterocycles. The second-order valence-corrected chi connectivity index (χ2v) is 6.69. The van der Waals surface area contributed by atoms with Crippen LogP contribution in [0.5, 0.6) is 0 Å². The minimum absolute atomic E-state index is 0.162. The van der Waals surface area contributed by atoms with E-state index < -0.39 is 0 Å². The molecule has 0 radical (unpaired) electrons. The van der Waals surface area contributed by atoms with Crippen LogP contribution in [0.15, 0.2) is 0 Å². The van der Waals surface area contributed by atoms with Crippen molar-refractivity contribution in [3.63, 3.8) is 0 Å². The molecule has 1 nitrogen and oxygen atoms in total. The zero-order valence-electron chi connectivity index (χ0n) is 10.7. The van der Waals surface area contributed by atoms with Gasteiger partial charge in [-0.3, -0.25) is 0 Å². The predicted molar refractivity (Wildman–Crippen MR) is 72.0 cm³/mol. The zero-order chi connectivity index (χ0) is 11.6. The van der Waals surface area contributed by atoms with E-state index in [2.05, 4.69) is 29.8 Å². The van der Waals surface area contributed by atoms with Crippen molar-refractivity contribution in [2.24, 2.45) is 17.8 Å². The van der Waals surface area contributed by atoms with E-state index >= 15 is 0 Å². The van der Waals surface area contributed by atoms with E-state index in [1.807, 2.05) is 0 Å². The van der Waals surface area contributed by atoms with Crippen molar-refractivity contribution in [3.8, 4) is 0 Å². The fourth-order valence-corrected chi connectivity index (χ4v) is 3.44. The Labute approximate surface area is 108 Å². The van der Waals surface area contributed by atoms with E-state index in [9.17, 15) is 0 Å². The summed E-state index contributed by atoms with van der Waals surface area (Å²) in [6.07, 6.45) is 8.03. The first-order valence-electron chi connectivity index (χ1n) is 6.85. The summed E-state index contributed by atoms with van der Waals surface area (Å²) in [6.45, 7) is 5.70. The van der Waals surface area contributed by atoms with Crippen LogP contribution >= 0.6 is 15.9 Å². The van der Waals surface area contributed by atoms with Crippen LogP contribution in [0.4, 0.5) is 0 Å². The summed E-state index contributed by atoms with van der Waals surface area (Å²) in [7, 11) is 0. The van der Waals surface area contributed by atoms with E-state index in [4.69, 9.17) is 4.74 Å². The summed E-state index contributed by atoms with van der Waals surface area (Å²) in [4.78, 5) is 0. The Kier molecular flexibility index (Phi) is 4.34. The molecular formula is C14H25BrO. The minimum atomic E-state index is 0.162. The number of hydrogen-bond acceptors (Lipinski definition) is 1. The van der Waals surface area contributed by atoms with Crippen LogP contribution in [-0.2, 0) is 4.74 Å². The Balaban J connectivity index is 1.79. The molecule has 0 saturated heterocycles. The molecule has 0 N–H and O–H groups in total. The molecule has 2 aliphatic carbocycles. The Hall–Kier alpha value is 0.440. The largest absolute Gasteiger partial charge is 0.374 e. The lowest BCUT2D eigenvalue weighted by atomic mass is 9.80. The van der Waals surface area contributed by atoms with Gasteiger partial charge in [-0.15, -0.1) is 0 Å². The standard InChI is InChI=1S/C14H25BrO/c1-11-5-7-14(10-15,8-6-11)16-9-12(2)13-3-4-13/h11-13H,3-10H2,1-2H3. The second-order valence-electron chi connectivity index (χ2n) is 6.12. The molecule has 0 heterocycles. The van der Waals surface area contributed by atoms with Crippen LogP contribution in [0.3, 0.4) is 0 Å². The van der Waals surface area contributed by atoms with Gasteiger partial charge in [0.2, 0.25) is 0 Å². The lowest BCUT2D eigenvalue weighted by molar-refractivity contribution is -0.0726. The van der Waals surface area contributed by atoms with Crippen molar-refractivity contribution in [3.05, 3.63) is 0 Å². The Morgan fingerprint density at radius 3 is 2.38 bits per heavy atom. The predicted octanol–water partition coefficient (Wildman–Crippen LogP) is 4.39. The second kappa shape index (κ2) is 5.39. The van der Waals surface area contributed by atoms with Crippen LogP contribution in [-0.4, -0.2) is 17.5 Å². The number of ether oxygens (including phenoxy) is 1. The van der Waals surface area contributed by atoms with Crippen LogP contribution in [0, 0.1) is 17.8 Å². The normalized spacial score (nSPS) is 37.3. The molecule has 0 aromatic rings. The Morgan fingerprint density at radius 1 is 1.25 bits per heavy atom. The molecule has 2 rings (SSSR count). The van der Waals surface area contributed by atoms with Crippen molar-refractivity contribution < 1.29 is 4.74 Å². The zero-order valence-corrected chi connectivity index (χ0v) is 12.3. The number of halogens is 1. The molecule has 1 unspecified atom stereocenters. The first kappa shape index (κ1) is 12.9. The summed E-state index contributed by atoms with van der Waals surface area (Å²) in [5.41, 5.74) is 0.162. The maximum atomic E-state index is 6.28. The van der Waals surface area contributed by atoms with E-state index in [0.29, 0.717) is 0 Å². The van der Waals surface area contributed by atoms with Crippen molar-refractivity contribution in [1.82, 2.24) is 0 Å². The van der Waals surface area contributed by atoms with Gasteiger partial charge < -0.3 is 4.74 Å². The van der Waals surface area contributed by atoms with Crippen molar-refractivity contribution in [1.29, 1.82) is 0 Å². The summed E-state index contributed by atoms with van der Waals surface area (Å²) >= 11 is 3.67. The summed E-state index contributed by atoms with van der Waals surface area (Å²) in [5, 5.41) is 1.02. The van der Waals surface area contributed by atoms with Gasteiger partial charge in [0, 0.05) is 5.33 Å². The van der Waals surface area contributed by atoms with Crippen LogP contribution in [0.25, 0.3) is 0 Å². The third-order valence-electron chi connectivity index (χ3n) is 4.51. The highest BCUT2D eigenvalue weighted by atomic mass is 79.9. The van der Waals surface area contributed by atoms with Crippen molar-refractivity contribution in [2.45, 2.75) is 58.0 Å². The molecule has 2 fully saturated rings. The molecule has 2 heteroatoms. The quantitative estimate of drug-likeness (QED) is 0.682. The van der Waals surface area contributed by atoms with E-state index in [1.54, 1.807) is 0 Å². The molecule has 0 bridgehead atoms. The van der Waals surface area contributed by atoms with Gasteiger partial charge in [0.25, 0.3) is 0 Å². The fraction of sp³-hybridized carbons (Fsp3) is 1.00. The molecule has 2 saturated carbocycles. The van der Waals surface area contributed by atoms with Gasteiger partial charge >= 0.3 is 0 Å². The molecule has 0 amide bonds. The monoisotopic (exact) mass is 288 g/mol. The molecule has 2 aliphatic rings. The average Bonchev–Trinajstić information content (AvgIpc) is 3.12. The van der Waals surface area contributed by atoms with Gasteiger partial charge in [-0.2, -0.15) is 0 Å². The van der Waals surface area contributed by atoms with E-state index in [0.717, 1.165) is 29.7 Å². The molecule has 0 aliphatic heterocycles. The van der Waals surface area contributed by atoms with Crippen LogP contribution in [0.2, 0.25) is 0 Å². The van der Waals surface area contributed by atoms with Crippen LogP contribution in [0.1, 0.15) is 52.4 Å². The molecule has 16 heavy (non-hydrogen) atoms. The maximum Gasteiger partial charge on any atom is 0.0779 e. The Morgan fingerprint density at radius 2 is 1.88 bits per heavy atom. The summed E-state index contributed by atoms with van der Waals surface area (Å²) in [6, 6.07) is 0. The SMILES string of the molecule is CC1CCC(CBr)(OCC(C)C2CC2)CC1. The topological polar surface area (TPSA) is 9.23 Å². The third kappa shape index (κ3) is 3.22. The summed E-state index contributed by atoms with van der Waals surface area (Å²) in [5.74, 6) is 2.64. The first-order valence-corrected chi connectivity index (χ1v) is 7.97. The maximum absolute atomic E-state index is 6.28.